The van der Waals surface area contributed by atoms with Crippen LogP contribution in [0.15, 0.2) is 12.4 Å². The van der Waals surface area contributed by atoms with Crippen molar-refractivity contribution < 1.29 is 9.59 Å². The Kier molecular flexibility index (Phi) is 0.961. The van der Waals surface area contributed by atoms with Crippen LogP contribution in [0, 0.1) is 0 Å². The summed E-state index contributed by atoms with van der Waals surface area (Å²) in [6, 6.07) is 0. The molecule has 1 aromatic rings. The molecule has 2 heterocycles. The average molecular weight is 150 g/mol. The van der Waals surface area contributed by atoms with Gasteiger partial charge in [0.15, 0.2) is 0 Å². The molecule has 0 radical (unpaired) electrons. The zero-order chi connectivity index (χ0) is 8.01. The van der Waals surface area contributed by atoms with E-state index in [1.165, 1.54) is 0 Å². The molecule has 0 aliphatic carbocycles. The van der Waals surface area contributed by atoms with Crippen molar-refractivity contribution in [3.05, 3.63) is 23.5 Å². The minimum Gasteiger partial charge on any atom is -0.356 e. The van der Waals surface area contributed by atoms with E-state index in [1.54, 1.807) is 24.0 Å². The van der Waals surface area contributed by atoms with Crippen molar-refractivity contribution in [1.29, 1.82) is 0 Å². The third-order valence-corrected chi connectivity index (χ3v) is 1.67. The van der Waals surface area contributed by atoms with Gasteiger partial charge in [-0.2, -0.15) is 0 Å². The smallest absolute Gasteiger partial charge is 0.260 e. The first kappa shape index (κ1) is 6.15. The van der Waals surface area contributed by atoms with Crippen LogP contribution in [-0.2, 0) is 7.05 Å². The van der Waals surface area contributed by atoms with E-state index < -0.39 is 0 Å². The number of nitrogens with zero attached hydrogens (tertiary/aromatic N) is 1. The lowest BCUT2D eigenvalue weighted by molar-refractivity contribution is 0.0878. The molecule has 1 aliphatic heterocycles. The zero-order valence-corrected chi connectivity index (χ0v) is 5.92. The number of aryl methyl sites for hydroxylation is 1. The van der Waals surface area contributed by atoms with E-state index in [0.717, 1.165) is 0 Å². The fraction of sp³-hybridized carbons (Fsp3) is 0.143. The van der Waals surface area contributed by atoms with Crippen LogP contribution < -0.4 is 5.32 Å². The second kappa shape index (κ2) is 1.72. The maximum atomic E-state index is 10.9. The van der Waals surface area contributed by atoms with Gasteiger partial charge in [-0.05, 0) is 0 Å². The number of nitrogens with one attached hydrogen (secondary N) is 1. The highest BCUT2D eigenvalue weighted by Gasteiger charge is 2.27. The first-order valence-electron chi connectivity index (χ1n) is 3.20. The van der Waals surface area contributed by atoms with Gasteiger partial charge in [-0.3, -0.25) is 14.9 Å². The molecule has 0 spiro atoms. The normalized spacial score (nSPS) is 15.0. The Morgan fingerprint density at radius 3 is 2.09 bits per heavy atom. The molecule has 2 amide bonds. The van der Waals surface area contributed by atoms with Crippen molar-refractivity contribution in [3.63, 3.8) is 0 Å². The lowest BCUT2D eigenvalue weighted by Crippen LogP contribution is -2.20. The van der Waals surface area contributed by atoms with Crippen molar-refractivity contribution in [2.45, 2.75) is 0 Å². The molecule has 4 nitrogen and oxygen atoms in total. The largest absolute Gasteiger partial charge is 0.356 e. The Morgan fingerprint density at radius 2 is 1.64 bits per heavy atom. The summed E-state index contributed by atoms with van der Waals surface area (Å²) >= 11 is 0. The monoisotopic (exact) mass is 150 g/mol. The molecule has 0 fully saturated rings. The minimum absolute atomic E-state index is 0.300. The predicted octanol–water partition coefficient (Wildman–Crippen LogP) is -0.0913. The lowest BCUT2D eigenvalue weighted by atomic mass is 10.2. The first-order valence-corrected chi connectivity index (χ1v) is 3.20. The maximum absolute atomic E-state index is 10.9. The minimum atomic E-state index is -0.300. The molecule has 0 bridgehead atoms. The predicted molar refractivity (Wildman–Crippen MR) is 37.2 cm³/mol. The molecule has 0 unspecified atom stereocenters. The van der Waals surface area contributed by atoms with Crippen molar-refractivity contribution in [1.82, 2.24) is 9.88 Å². The Labute approximate surface area is 62.8 Å². The molecule has 56 valence electrons. The molecular weight excluding hydrogens is 144 g/mol. The quantitative estimate of drug-likeness (QED) is 0.525. The van der Waals surface area contributed by atoms with Crippen molar-refractivity contribution in [2.24, 2.45) is 7.05 Å². The third kappa shape index (κ3) is 0.690. The van der Waals surface area contributed by atoms with Crippen LogP contribution in [0.2, 0.25) is 0 Å². The summed E-state index contributed by atoms with van der Waals surface area (Å²) in [6.07, 6.45) is 3.27. The molecule has 1 aliphatic rings. The Morgan fingerprint density at radius 1 is 1.18 bits per heavy atom. The number of amides is 2. The Bertz CT molecular complexity index is 320. The summed E-state index contributed by atoms with van der Waals surface area (Å²) in [5, 5.41) is 2.20. The number of carbonyl (C=O) groups excluding carboxylic acids is 2. The van der Waals surface area contributed by atoms with E-state index in [-0.39, 0.29) is 11.8 Å². The van der Waals surface area contributed by atoms with Gasteiger partial charge in [-0.15, -0.1) is 0 Å². The standard InChI is InChI=1S/C7H6N2O2/c1-9-2-4-5(3-9)7(11)8-6(4)10/h2-3H,1H3,(H,8,10,11). The average Bonchev–Trinajstić information content (AvgIpc) is 2.38. The van der Waals surface area contributed by atoms with Gasteiger partial charge in [0, 0.05) is 19.4 Å². The fourth-order valence-electron chi connectivity index (χ4n) is 1.18. The van der Waals surface area contributed by atoms with Crippen LogP contribution in [0.5, 0.6) is 0 Å². The number of imide groups is 1. The first-order chi connectivity index (χ1) is 5.18. The maximum Gasteiger partial charge on any atom is 0.260 e. The van der Waals surface area contributed by atoms with Crippen LogP contribution in [0.4, 0.5) is 0 Å². The third-order valence-electron chi connectivity index (χ3n) is 1.67. The summed E-state index contributed by atoms with van der Waals surface area (Å²) in [7, 11) is 1.78. The van der Waals surface area contributed by atoms with Gasteiger partial charge in [-0.25, -0.2) is 0 Å². The highest BCUT2D eigenvalue weighted by Crippen LogP contribution is 2.14. The molecule has 11 heavy (non-hydrogen) atoms. The summed E-state index contributed by atoms with van der Waals surface area (Å²) in [5.41, 5.74) is 0.940. The number of aromatic nitrogens is 1. The molecule has 0 saturated carbocycles. The second-order valence-corrected chi connectivity index (χ2v) is 2.53. The van der Waals surface area contributed by atoms with E-state index in [0.29, 0.717) is 11.1 Å². The SMILES string of the molecule is Cn1cc2c(c1)C(=O)NC2=O. The topological polar surface area (TPSA) is 51.1 Å². The van der Waals surface area contributed by atoms with Gasteiger partial charge in [0.25, 0.3) is 11.8 Å². The lowest BCUT2D eigenvalue weighted by Gasteiger charge is -1.89. The summed E-state index contributed by atoms with van der Waals surface area (Å²) < 4.78 is 1.70. The van der Waals surface area contributed by atoms with E-state index in [9.17, 15) is 9.59 Å². The van der Waals surface area contributed by atoms with E-state index in [4.69, 9.17) is 0 Å². The number of hydrogen-bond acceptors (Lipinski definition) is 2. The molecule has 0 saturated heterocycles. The zero-order valence-electron chi connectivity index (χ0n) is 5.92. The molecule has 1 N–H and O–H groups in total. The molecule has 1 aromatic heterocycles. The molecule has 0 aromatic carbocycles. The van der Waals surface area contributed by atoms with Crippen LogP contribution >= 0.6 is 0 Å². The van der Waals surface area contributed by atoms with Crippen LogP contribution in [0.1, 0.15) is 20.7 Å². The Balaban J connectivity index is 2.67. The van der Waals surface area contributed by atoms with E-state index in [2.05, 4.69) is 5.32 Å². The summed E-state index contributed by atoms with van der Waals surface area (Å²) in [6.45, 7) is 0. The van der Waals surface area contributed by atoms with Gasteiger partial charge < -0.3 is 4.57 Å². The van der Waals surface area contributed by atoms with Crippen molar-refractivity contribution in [3.8, 4) is 0 Å². The second-order valence-electron chi connectivity index (χ2n) is 2.53. The number of rotatable bonds is 0. The Hall–Kier alpha value is -1.58. The number of carbonyl (C=O) groups is 2. The van der Waals surface area contributed by atoms with Crippen molar-refractivity contribution >= 4 is 11.8 Å². The van der Waals surface area contributed by atoms with Crippen LogP contribution in [-0.4, -0.2) is 16.4 Å². The molecule has 4 heteroatoms. The highest BCUT2D eigenvalue weighted by atomic mass is 16.2. The van der Waals surface area contributed by atoms with E-state index >= 15 is 0 Å². The molecule has 2 rings (SSSR count). The van der Waals surface area contributed by atoms with Gasteiger partial charge in [0.1, 0.15) is 0 Å². The van der Waals surface area contributed by atoms with Gasteiger partial charge in [0.2, 0.25) is 0 Å². The number of fused-ring (bicyclic) bond motifs is 1. The van der Waals surface area contributed by atoms with Crippen molar-refractivity contribution in [2.75, 3.05) is 0 Å². The highest BCUT2D eigenvalue weighted by molar-refractivity contribution is 6.21. The molecule has 0 atom stereocenters. The summed E-state index contributed by atoms with van der Waals surface area (Å²) in [5.74, 6) is -0.601. The van der Waals surface area contributed by atoms with Crippen LogP contribution in [0.25, 0.3) is 0 Å². The van der Waals surface area contributed by atoms with Gasteiger partial charge >= 0.3 is 0 Å². The van der Waals surface area contributed by atoms with Crippen LogP contribution in [0.3, 0.4) is 0 Å². The van der Waals surface area contributed by atoms with E-state index in [1.807, 2.05) is 0 Å². The summed E-state index contributed by atoms with van der Waals surface area (Å²) in [4.78, 5) is 21.9. The fourth-order valence-corrected chi connectivity index (χ4v) is 1.18. The van der Waals surface area contributed by atoms with Gasteiger partial charge in [-0.1, -0.05) is 0 Å². The number of hydrogen-bond donors (Lipinski definition) is 1. The van der Waals surface area contributed by atoms with Gasteiger partial charge in [0.05, 0.1) is 11.1 Å². The molecular formula is C7H6N2O2.